The molecule has 1 rings (SSSR count). The molecule has 0 radical (unpaired) electrons. The summed E-state index contributed by atoms with van der Waals surface area (Å²) in [6.07, 6.45) is 2.23. The molecule has 2 nitrogen and oxygen atoms in total. The molecule has 1 aliphatic heterocycles. The molecule has 0 aliphatic carbocycles. The summed E-state index contributed by atoms with van der Waals surface area (Å²) < 4.78 is 0. The zero-order valence-electron chi connectivity index (χ0n) is 6.38. The summed E-state index contributed by atoms with van der Waals surface area (Å²) in [7, 11) is 0. The quantitative estimate of drug-likeness (QED) is 0.636. The number of carbonyl (C=O) groups excluding carboxylic acids is 1. The molecule has 64 valence electrons. The number of carbonyl (C=O) groups is 1. The number of thiol groups is 1. The summed E-state index contributed by atoms with van der Waals surface area (Å²) in [5, 5.41) is 2.94. The van der Waals surface area contributed by atoms with Gasteiger partial charge in [0.15, 0.2) is 0 Å². The SMILES string of the molecule is O=C(CS)NC1CCSCC1. The van der Waals surface area contributed by atoms with Gasteiger partial charge < -0.3 is 5.32 Å². The summed E-state index contributed by atoms with van der Waals surface area (Å²) in [5.41, 5.74) is 0. The van der Waals surface area contributed by atoms with Gasteiger partial charge >= 0.3 is 0 Å². The van der Waals surface area contributed by atoms with E-state index in [1.54, 1.807) is 0 Å². The lowest BCUT2D eigenvalue weighted by molar-refractivity contribution is -0.119. The fourth-order valence-corrected chi connectivity index (χ4v) is 2.31. The Balaban J connectivity index is 2.19. The number of hydrogen-bond donors (Lipinski definition) is 2. The van der Waals surface area contributed by atoms with E-state index in [-0.39, 0.29) is 5.91 Å². The summed E-state index contributed by atoms with van der Waals surface area (Å²) in [6.45, 7) is 0. The molecule has 0 aromatic carbocycles. The van der Waals surface area contributed by atoms with Crippen molar-refractivity contribution in [3.8, 4) is 0 Å². The van der Waals surface area contributed by atoms with Crippen molar-refractivity contribution in [3.63, 3.8) is 0 Å². The van der Waals surface area contributed by atoms with Crippen LogP contribution in [-0.4, -0.2) is 29.2 Å². The van der Waals surface area contributed by atoms with E-state index in [9.17, 15) is 4.79 Å². The van der Waals surface area contributed by atoms with Crippen LogP contribution in [-0.2, 0) is 4.79 Å². The molecule has 11 heavy (non-hydrogen) atoms. The summed E-state index contributed by atoms with van der Waals surface area (Å²) in [5.74, 6) is 2.73. The maximum Gasteiger partial charge on any atom is 0.229 e. The van der Waals surface area contributed by atoms with E-state index >= 15 is 0 Å². The lowest BCUT2D eigenvalue weighted by atomic mass is 10.1. The first-order valence-electron chi connectivity index (χ1n) is 3.81. The van der Waals surface area contributed by atoms with E-state index in [2.05, 4.69) is 17.9 Å². The Kier molecular flexibility index (Phi) is 4.15. The van der Waals surface area contributed by atoms with Crippen LogP contribution in [0.3, 0.4) is 0 Å². The van der Waals surface area contributed by atoms with Crippen LogP contribution < -0.4 is 5.32 Å². The number of amides is 1. The summed E-state index contributed by atoms with van der Waals surface area (Å²) in [6, 6.07) is 0.413. The third-order valence-corrected chi connectivity index (χ3v) is 3.07. The summed E-state index contributed by atoms with van der Waals surface area (Å²) >= 11 is 5.86. The minimum atomic E-state index is 0.0604. The van der Waals surface area contributed by atoms with Crippen molar-refractivity contribution in [1.82, 2.24) is 5.32 Å². The van der Waals surface area contributed by atoms with Crippen LogP contribution in [0.25, 0.3) is 0 Å². The number of rotatable bonds is 2. The van der Waals surface area contributed by atoms with Crippen LogP contribution in [0.5, 0.6) is 0 Å². The Hall–Kier alpha value is 0.170. The predicted octanol–water partition coefficient (Wildman–Crippen LogP) is 0.928. The molecule has 1 heterocycles. The van der Waals surface area contributed by atoms with Gasteiger partial charge in [0.2, 0.25) is 5.91 Å². The molecule has 1 saturated heterocycles. The molecule has 0 atom stereocenters. The van der Waals surface area contributed by atoms with Gasteiger partial charge in [-0.15, -0.1) is 0 Å². The minimum absolute atomic E-state index is 0.0604. The molecule has 0 aromatic rings. The maximum absolute atomic E-state index is 10.9. The second-order valence-corrected chi connectivity index (χ2v) is 4.15. The van der Waals surface area contributed by atoms with Gasteiger partial charge in [-0.05, 0) is 24.3 Å². The van der Waals surface area contributed by atoms with Crippen molar-refractivity contribution in [2.45, 2.75) is 18.9 Å². The van der Waals surface area contributed by atoms with E-state index < -0.39 is 0 Å². The molecular formula is C7H13NOS2. The Morgan fingerprint density at radius 2 is 2.18 bits per heavy atom. The zero-order chi connectivity index (χ0) is 8.10. The highest BCUT2D eigenvalue weighted by Gasteiger charge is 2.14. The maximum atomic E-state index is 10.9. The molecule has 0 aromatic heterocycles. The van der Waals surface area contributed by atoms with E-state index in [1.165, 1.54) is 11.5 Å². The standard InChI is InChI=1S/C7H13NOS2/c9-7(5-10)8-6-1-3-11-4-2-6/h6,10H,1-5H2,(H,8,9). The summed E-state index contributed by atoms with van der Waals surface area (Å²) in [4.78, 5) is 10.9. The molecule has 0 unspecified atom stereocenters. The van der Waals surface area contributed by atoms with Gasteiger partial charge in [-0.2, -0.15) is 24.4 Å². The first-order chi connectivity index (χ1) is 5.33. The van der Waals surface area contributed by atoms with Crippen molar-refractivity contribution >= 4 is 30.3 Å². The fourth-order valence-electron chi connectivity index (χ4n) is 1.12. The van der Waals surface area contributed by atoms with Gasteiger partial charge in [0, 0.05) is 6.04 Å². The molecule has 1 fully saturated rings. The first-order valence-corrected chi connectivity index (χ1v) is 5.59. The molecule has 0 bridgehead atoms. The molecule has 1 aliphatic rings. The topological polar surface area (TPSA) is 29.1 Å². The average molecular weight is 191 g/mol. The number of thioether (sulfide) groups is 1. The average Bonchev–Trinajstić information content (AvgIpc) is 2.06. The van der Waals surface area contributed by atoms with Gasteiger partial charge in [0.25, 0.3) is 0 Å². The molecular weight excluding hydrogens is 178 g/mol. The number of hydrogen-bond acceptors (Lipinski definition) is 3. The monoisotopic (exact) mass is 191 g/mol. The van der Waals surface area contributed by atoms with E-state index in [1.807, 2.05) is 11.8 Å². The third kappa shape index (κ3) is 3.38. The minimum Gasteiger partial charge on any atom is -0.353 e. The Morgan fingerprint density at radius 3 is 2.73 bits per heavy atom. The van der Waals surface area contributed by atoms with Crippen molar-refractivity contribution in [2.75, 3.05) is 17.3 Å². The smallest absolute Gasteiger partial charge is 0.229 e. The van der Waals surface area contributed by atoms with Gasteiger partial charge in [-0.3, -0.25) is 4.79 Å². The highest BCUT2D eigenvalue weighted by atomic mass is 32.2. The van der Waals surface area contributed by atoms with Gasteiger partial charge in [-0.25, -0.2) is 0 Å². The predicted molar refractivity (Wildman–Crippen MR) is 52.3 cm³/mol. The third-order valence-electron chi connectivity index (χ3n) is 1.73. The second-order valence-electron chi connectivity index (χ2n) is 2.61. The van der Waals surface area contributed by atoms with Crippen LogP contribution in [0.1, 0.15) is 12.8 Å². The van der Waals surface area contributed by atoms with E-state index in [4.69, 9.17) is 0 Å². The van der Waals surface area contributed by atoms with Crippen LogP contribution in [0.4, 0.5) is 0 Å². The Morgan fingerprint density at radius 1 is 1.55 bits per heavy atom. The lowest BCUT2D eigenvalue weighted by Crippen LogP contribution is -2.37. The molecule has 1 N–H and O–H groups in total. The highest BCUT2D eigenvalue weighted by molar-refractivity contribution is 7.99. The molecule has 4 heteroatoms. The van der Waals surface area contributed by atoms with Crippen LogP contribution in [0.15, 0.2) is 0 Å². The van der Waals surface area contributed by atoms with E-state index in [0.29, 0.717) is 11.8 Å². The van der Waals surface area contributed by atoms with Crippen molar-refractivity contribution in [3.05, 3.63) is 0 Å². The fraction of sp³-hybridized carbons (Fsp3) is 0.857. The van der Waals surface area contributed by atoms with Crippen molar-refractivity contribution in [2.24, 2.45) is 0 Å². The first kappa shape index (κ1) is 9.26. The molecule has 0 saturated carbocycles. The normalized spacial score (nSPS) is 19.7. The van der Waals surface area contributed by atoms with Gasteiger partial charge in [0.1, 0.15) is 0 Å². The largest absolute Gasteiger partial charge is 0.353 e. The Bertz CT molecular complexity index is 134. The van der Waals surface area contributed by atoms with Crippen LogP contribution in [0, 0.1) is 0 Å². The molecule has 1 amide bonds. The Labute approximate surface area is 76.9 Å². The zero-order valence-corrected chi connectivity index (χ0v) is 8.09. The highest BCUT2D eigenvalue weighted by Crippen LogP contribution is 2.16. The van der Waals surface area contributed by atoms with Crippen molar-refractivity contribution < 1.29 is 4.79 Å². The number of nitrogens with one attached hydrogen (secondary N) is 1. The molecule has 0 spiro atoms. The second kappa shape index (κ2) is 4.93. The van der Waals surface area contributed by atoms with Crippen LogP contribution in [0.2, 0.25) is 0 Å². The van der Waals surface area contributed by atoms with Crippen LogP contribution >= 0.6 is 24.4 Å². The lowest BCUT2D eigenvalue weighted by Gasteiger charge is -2.21. The van der Waals surface area contributed by atoms with Crippen molar-refractivity contribution in [1.29, 1.82) is 0 Å². The van der Waals surface area contributed by atoms with Gasteiger partial charge in [-0.1, -0.05) is 0 Å². The van der Waals surface area contributed by atoms with E-state index in [0.717, 1.165) is 12.8 Å². The van der Waals surface area contributed by atoms with Gasteiger partial charge in [0.05, 0.1) is 5.75 Å².